The van der Waals surface area contributed by atoms with Crippen molar-refractivity contribution in [2.45, 2.75) is 51.8 Å². The number of nitrogens with zero attached hydrogens (tertiary/aromatic N) is 5. The van der Waals surface area contributed by atoms with Crippen molar-refractivity contribution < 1.29 is 18.7 Å². The average molecular weight is 602 g/mol. The molecule has 43 heavy (non-hydrogen) atoms. The fourth-order valence-electron chi connectivity index (χ4n) is 5.47. The molecule has 1 saturated heterocycles. The van der Waals surface area contributed by atoms with Crippen LogP contribution in [0.4, 0.5) is 4.39 Å². The Morgan fingerprint density at radius 1 is 1.05 bits per heavy atom. The maximum Gasteiger partial charge on any atom is 0.274 e. The molecule has 0 aliphatic carbocycles. The number of hydrogen-bond donors (Lipinski definition) is 0. The minimum Gasteiger partial charge on any atom is -0.483 e. The maximum atomic E-state index is 14.2. The molecular weight excluding hydrogens is 569 g/mol. The molecule has 2 aliphatic rings. The molecule has 222 valence electrons. The summed E-state index contributed by atoms with van der Waals surface area (Å²) in [4.78, 5) is 45.6. The zero-order valence-corrected chi connectivity index (χ0v) is 25.1. The first-order valence-electron chi connectivity index (χ1n) is 14.3. The van der Waals surface area contributed by atoms with Gasteiger partial charge < -0.3 is 19.1 Å². The number of pyridine rings is 1. The Balaban J connectivity index is 1.49. The van der Waals surface area contributed by atoms with E-state index in [0.717, 1.165) is 17.5 Å². The van der Waals surface area contributed by atoms with Gasteiger partial charge >= 0.3 is 0 Å². The zero-order valence-electron chi connectivity index (χ0n) is 24.2. The van der Waals surface area contributed by atoms with Crippen LogP contribution in [0.2, 0.25) is 0 Å². The van der Waals surface area contributed by atoms with Crippen LogP contribution in [0.5, 0.6) is 5.75 Å². The summed E-state index contributed by atoms with van der Waals surface area (Å²) >= 11 is 1.23. The Morgan fingerprint density at radius 2 is 1.77 bits per heavy atom. The van der Waals surface area contributed by atoms with Crippen LogP contribution in [0.15, 0.2) is 65.6 Å². The number of carbonyl (C=O) groups excluding carboxylic acids is 2. The van der Waals surface area contributed by atoms with Gasteiger partial charge in [-0.2, -0.15) is 0 Å². The quantitative estimate of drug-likeness (QED) is 0.295. The summed E-state index contributed by atoms with van der Waals surface area (Å²) < 4.78 is 21.2. The second-order valence-corrected chi connectivity index (χ2v) is 12.5. The number of aromatic nitrogens is 3. The van der Waals surface area contributed by atoms with Gasteiger partial charge in [-0.05, 0) is 50.5 Å². The fraction of sp³-hybridized carbons (Fsp3) is 0.344. The summed E-state index contributed by atoms with van der Waals surface area (Å²) in [6.45, 7) is 7.10. The lowest BCUT2D eigenvalue weighted by Crippen LogP contribution is -2.63. The number of carbonyl (C=O) groups is 2. The first-order valence-corrected chi connectivity index (χ1v) is 15.1. The summed E-state index contributed by atoms with van der Waals surface area (Å²) in [6.07, 6.45) is 2.90. The molecular formula is C32H32FN5O4S. The van der Waals surface area contributed by atoms with Gasteiger partial charge in [0.15, 0.2) is 16.5 Å². The summed E-state index contributed by atoms with van der Waals surface area (Å²) in [5.41, 5.74) is 0.254. The number of likely N-dealkylation sites (tertiary alicyclic amines) is 1. The number of halogens is 1. The van der Waals surface area contributed by atoms with Crippen LogP contribution in [0.25, 0.3) is 10.6 Å². The van der Waals surface area contributed by atoms with Gasteiger partial charge in [-0.3, -0.25) is 14.4 Å². The lowest BCUT2D eigenvalue weighted by molar-refractivity contribution is -0.145. The van der Waals surface area contributed by atoms with Crippen molar-refractivity contribution in [1.82, 2.24) is 24.6 Å². The van der Waals surface area contributed by atoms with E-state index in [1.165, 1.54) is 23.5 Å². The van der Waals surface area contributed by atoms with E-state index in [0.29, 0.717) is 29.5 Å². The largest absolute Gasteiger partial charge is 0.483 e. The monoisotopic (exact) mass is 601 g/mol. The second kappa shape index (κ2) is 11.4. The molecule has 1 fully saturated rings. The third-order valence-electron chi connectivity index (χ3n) is 8.06. The molecule has 0 saturated carbocycles. The molecule has 9 nitrogen and oxygen atoms in total. The SMILES string of the molecule is CC(C)N1C[C@](C)(C(=O)N2CCC2)n2cc(-c3nnc(Cc4ccc(F)cc4)s3)c(=O)c(OCc3ccccc3)c2C1=O. The summed E-state index contributed by atoms with van der Waals surface area (Å²) in [7, 11) is 0. The Labute approximate surface area is 252 Å². The van der Waals surface area contributed by atoms with E-state index < -0.39 is 11.0 Å². The van der Waals surface area contributed by atoms with Gasteiger partial charge in [0.25, 0.3) is 5.91 Å². The van der Waals surface area contributed by atoms with Crippen molar-refractivity contribution in [1.29, 1.82) is 0 Å². The molecule has 2 amide bonds. The highest BCUT2D eigenvalue weighted by molar-refractivity contribution is 7.14. The number of rotatable bonds is 8. The Hall–Kier alpha value is -4.38. The number of benzene rings is 2. The van der Waals surface area contributed by atoms with Crippen molar-refractivity contribution in [2.24, 2.45) is 0 Å². The Kier molecular flexibility index (Phi) is 7.59. The molecule has 0 N–H and O–H groups in total. The summed E-state index contributed by atoms with van der Waals surface area (Å²) in [5, 5.41) is 9.60. The highest BCUT2D eigenvalue weighted by Gasteiger charge is 2.49. The lowest BCUT2D eigenvalue weighted by atomic mass is 9.91. The summed E-state index contributed by atoms with van der Waals surface area (Å²) in [5.74, 6) is -0.927. The van der Waals surface area contributed by atoms with E-state index in [-0.39, 0.29) is 53.8 Å². The fourth-order valence-corrected chi connectivity index (χ4v) is 6.35. The molecule has 0 spiro atoms. The van der Waals surface area contributed by atoms with Gasteiger partial charge in [0.05, 0.1) is 12.1 Å². The third-order valence-corrected chi connectivity index (χ3v) is 9.01. The molecule has 4 aromatic rings. The van der Waals surface area contributed by atoms with Crippen LogP contribution in [0, 0.1) is 5.82 Å². The van der Waals surface area contributed by atoms with Crippen LogP contribution in [0.1, 0.15) is 53.8 Å². The first kappa shape index (κ1) is 28.7. The van der Waals surface area contributed by atoms with Gasteiger partial charge in [-0.15, -0.1) is 10.2 Å². The molecule has 0 radical (unpaired) electrons. The third kappa shape index (κ3) is 5.33. The maximum absolute atomic E-state index is 14.2. The van der Waals surface area contributed by atoms with Crippen LogP contribution in [0.3, 0.4) is 0 Å². The lowest BCUT2D eigenvalue weighted by Gasteiger charge is -2.47. The summed E-state index contributed by atoms with van der Waals surface area (Å²) in [6, 6.07) is 15.3. The second-order valence-electron chi connectivity index (χ2n) is 11.4. The van der Waals surface area contributed by atoms with Crippen LogP contribution < -0.4 is 10.2 Å². The molecule has 0 bridgehead atoms. The van der Waals surface area contributed by atoms with E-state index in [4.69, 9.17) is 4.74 Å². The number of hydrogen-bond acceptors (Lipinski definition) is 7. The molecule has 1 atom stereocenters. The van der Waals surface area contributed by atoms with E-state index in [1.807, 2.05) is 51.1 Å². The van der Waals surface area contributed by atoms with Gasteiger partial charge in [0.1, 0.15) is 23.0 Å². The van der Waals surface area contributed by atoms with Crippen LogP contribution in [-0.4, -0.2) is 62.1 Å². The standard InChI is InChI=1S/C32H32FN5O4S/c1-20(2)37-19-32(3,31(41)36-14-7-15-36)38-17-24(29-35-34-25(43-29)16-21-10-12-23(33)13-11-21)27(39)28(26(38)30(37)40)42-18-22-8-5-4-6-9-22/h4-6,8-13,17,20H,7,14-16,18-19H2,1-3H3/t32-/m1/s1. The van der Waals surface area contributed by atoms with Crippen LogP contribution >= 0.6 is 11.3 Å². The normalized spacial score (nSPS) is 18.0. The molecule has 4 heterocycles. The van der Waals surface area contributed by atoms with Gasteiger partial charge in [-0.1, -0.05) is 53.8 Å². The minimum absolute atomic E-state index is 0.0528. The molecule has 0 unspecified atom stereocenters. The van der Waals surface area contributed by atoms with Gasteiger partial charge in [0, 0.05) is 31.7 Å². The van der Waals surface area contributed by atoms with Crippen molar-refractivity contribution in [2.75, 3.05) is 19.6 Å². The predicted molar refractivity (Wildman–Crippen MR) is 161 cm³/mol. The Bertz CT molecular complexity index is 1730. The van der Waals surface area contributed by atoms with E-state index in [2.05, 4.69) is 10.2 Å². The van der Waals surface area contributed by atoms with Crippen LogP contribution in [-0.2, 0) is 23.4 Å². The number of amides is 2. The van der Waals surface area contributed by atoms with Crippen molar-refractivity contribution in [3.8, 4) is 16.3 Å². The number of fused-ring (bicyclic) bond motifs is 1. The highest BCUT2D eigenvalue weighted by Crippen LogP contribution is 2.37. The Morgan fingerprint density at radius 3 is 2.42 bits per heavy atom. The molecule has 2 aliphatic heterocycles. The molecule has 2 aromatic carbocycles. The van der Waals surface area contributed by atoms with Gasteiger partial charge in [0.2, 0.25) is 11.3 Å². The van der Waals surface area contributed by atoms with Crippen molar-refractivity contribution in [3.63, 3.8) is 0 Å². The molecule has 2 aromatic heterocycles. The molecule has 11 heteroatoms. The predicted octanol–water partition coefficient (Wildman–Crippen LogP) is 4.49. The highest BCUT2D eigenvalue weighted by atomic mass is 32.1. The zero-order chi connectivity index (χ0) is 30.3. The van der Waals surface area contributed by atoms with Crippen molar-refractivity contribution >= 4 is 23.2 Å². The van der Waals surface area contributed by atoms with E-state index >= 15 is 0 Å². The van der Waals surface area contributed by atoms with Crippen molar-refractivity contribution in [3.05, 3.63) is 98.7 Å². The molecule has 6 rings (SSSR count). The van der Waals surface area contributed by atoms with E-state index in [1.54, 1.807) is 32.7 Å². The topological polar surface area (TPSA) is 97.6 Å². The smallest absolute Gasteiger partial charge is 0.274 e. The number of ether oxygens (including phenoxy) is 1. The van der Waals surface area contributed by atoms with E-state index in [9.17, 15) is 18.8 Å². The minimum atomic E-state index is -1.18. The van der Waals surface area contributed by atoms with Gasteiger partial charge in [-0.25, -0.2) is 4.39 Å². The average Bonchev–Trinajstić information content (AvgIpc) is 3.43. The first-order chi connectivity index (χ1) is 20.7.